The summed E-state index contributed by atoms with van der Waals surface area (Å²) >= 11 is 0. The van der Waals surface area contributed by atoms with Gasteiger partial charge in [-0.05, 0) is 18.1 Å². The highest BCUT2D eigenvalue weighted by Crippen LogP contribution is 2.14. The number of aliphatic imine (C=N–C) groups is 1. The average molecular weight is 187 g/mol. The molecule has 0 saturated heterocycles. The smallest absolute Gasteiger partial charge is 0.129 e. The lowest BCUT2D eigenvalue weighted by atomic mass is 9.97. The van der Waals surface area contributed by atoms with Crippen LogP contribution in [0.4, 0.5) is 0 Å². The van der Waals surface area contributed by atoms with Gasteiger partial charge < -0.3 is 5.11 Å². The number of nitrogens with zero attached hydrogens (tertiary/aromatic N) is 1. The van der Waals surface area contributed by atoms with Gasteiger partial charge in [0, 0.05) is 12.5 Å². The molecule has 1 aromatic rings. The Labute approximate surface area is 83.6 Å². The van der Waals surface area contributed by atoms with E-state index in [1.165, 1.54) is 11.8 Å². The van der Waals surface area contributed by atoms with E-state index in [1.54, 1.807) is 0 Å². The lowest BCUT2D eigenvalue weighted by molar-refractivity contribution is 0.431. The summed E-state index contributed by atoms with van der Waals surface area (Å²) in [5.41, 5.74) is 1.29. The molecular weight excluding hydrogens is 174 g/mol. The Morgan fingerprint density at radius 2 is 2.07 bits per heavy atom. The highest BCUT2D eigenvalue weighted by atomic mass is 16.3. The van der Waals surface area contributed by atoms with Crippen LogP contribution in [0.5, 0.6) is 0 Å². The monoisotopic (exact) mass is 187 g/mol. The van der Waals surface area contributed by atoms with E-state index in [1.807, 2.05) is 24.3 Å². The Morgan fingerprint density at radius 3 is 2.79 bits per heavy atom. The molecule has 1 unspecified atom stereocenters. The van der Waals surface area contributed by atoms with Gasteiger partial charge in [-0.15, -0.1) is 0 Å². The molecule has 1 heterocycles. The summed E-state index contributed by atoms with van der Waals surface area (Å²) < 4.78 is 0. The Bertz CT molecular complexity index is 354. The van der Waals surface area contributed by atoms with Gasteiger partial charge in [0.2, 0.25) is 0 Å². The standard InChI is InChI=1S/C12H13NO/c14-12-7-11(8-13-9-12)6-10-4-2-1-3-5-10/h1-5,7,9,11,14H,6,8H2. The van der Waals surface area contributed by atoms with Crippen LogP contribution in [0, 0.1) is 5.92 Å². The van der Waals surface area contributed by atoms with Gasteiger partial charge in [-0.25, -0.2) is 0 Å². The summed E-state index contributed by atoms with van der Waals surface area (Å²) in [5, 5.41) is 9.27. The molecular formula is C12H13NO. The molecule has 2 rings (SSSR count). The first-order valence-electron chi connectivity index (χ1n) is 4.79. The number of hydrogen-bond donors (Lipinski definition) is 1. The van der Waals surface area contributed by atoms with Crippen LogP contribution in [-0.4, -0.2) is 17.9 Å². The highest BCUT2D eigenvalue weighted by molar-refractivity contribution is 5.76. The van der Waals surface area contributed by atoms with E-state index >= 15 is 0 Å². The molecule has 1 aromatic carbocycles. The minimum absolute atomic E-state index is 0.289. The SMILES string of the molecule is OC1=CC(Cc2ccccc2)CN=C1. The first-order valence-corrected chi connectivity index (χ1v) is 4.79. The predicted octanol–water partition coefficient (Wildman–Crippen LogP) is 2.37. The number of hydrogen-bond acceptors (Lipinski definition) is 2. The molecule has 0 amide bonds. The Hall–Kier alpha value is -1.57. The van der Waals surface area contributed by atoms with Crippen LogP contribution in [0.25, 0.3) is 0 Å². The number of aliphatic hydroxyl groups excluding tert-OH is 1. The van der Waals surface area contributed by atoms with E-state index in [9.17, 15) is 5.11 Å². The zero-order valence-corrected chi connectivity index (χ0v) is 7.93. The fourth-order valence-corrected chi connectivity index (χ4v) is 1.66. The summed E-state index contributed by atoms with van der Waals surface area (Å²) in [6, 6.07) is 10.3. The van der Waals surface area contributed by atoms with Crippen LogP contribution in [0.1, 0.15) is 5.56 Å². The number of benzene rings is 1. The van der Waals surface area contributed by atoms with E-state index in [2.05, 4.69) is 17.1 Å². The summed E-state index contributed by atoms with van der Waals surface area (Å²) in [6.45, 7) is 0.777. The van der Waals surface area contributed by atoms with Gasteiger partial charge in [0.15, 0.2) is 0 Å². The maximum absolute atomic E-state index is 9.27. The molecule has 0 fully saturated rings. The molecule has 1 N–H and O–H groups in total. The largest absolute Gasteiger partial charge is 0.507 e. The Kier molecular flexibility index (Phi) is 2.63. The fraction of sp³-hybridized carbons (Fsp3) is 0.250. The molecule has 0 spiro atoms. The van der Waals surface area contributed by atoms with Gasteiger partial charge in [-0.3, -0.25) is 4.99 Å². The molecule has 1 aliphatic rings. The van der Waals surface area contributed by atoms with Crippen molar-refractivity contribution in [3.05, 3.63) is 47.7 Å². The van der Waals surface area contributed by atoms with Crippen molar-refractivity contribution in [1.29, 1.82) is 0 Å². The molecule has 2 heteroatoms. The molecule has 1 atom stereocenters. The molecule has 2 nitrogen and oxygen atoms in total. The number of rotatable bonds is 2. The zero-order chi connectivity index (χ0) is 9.80. The van der Waals surface area contributed by atoms with Gasteiger partial charge in [-0.2, -0.15) is 0 Å². The second-order valence-corrected chi connectivity index (χ2v) is 3.54. The van der Waals surface area contributed by atoms with Crippen molar-refractivity contribution in [3.63, 3.8) is 0 Å². The van der Waals surface area contributed by atoms with Gasteiger partial charge in [0.1, 0.15) is 5.76 Å². The van der Waals surface area contributed by atoms with Crippen LogP contribution in [0.2, 0.25) is 0 Å². The molecule has 1 aliphatic heterocycles. The van der Waals surface area contributed by atoms with Crippen molar-refractivity contribution in [3.8, 4) is 0 Å². The predicted molar refractivity (Wildman–Crippen MR) is 57.7 cm³/mol. The van der Waals surface area contributed by atoms with Crippen LogP contribution >= 0.6 is 0 Å². The summed E-state index contributed by atoms with van der Waals surface area (Å²) in [4.78, 5) is 4.09. The molecule has 0 bridgehead atoms. The van der Waals surface area contributed by atoms with Crippen molar-refractivity contribution < 1.29 is 5.11 Å². The number of aliphatic hydroxyl groups is 1. The van der Waals surface area contributed by atoms with Gasteiger partial charge in [0.05, 0.1) is 6.21 Å². The number of allylic oxidation sites excluding steroid dienone is 1. The lowest BCUT2D eigenvalue weighted by Crippen LogP contribution is -2.11. The third-order valence-electron chi connectivity index (χ3n) is 2.31. The van der Waals surface area contributed by atoms with Crippen molar-refractivity contribution in [2.45, 2.75) is 6.42 Å². The summed E-state index contributed by atoms with van der Waals surface area (Å²) in [6.07, 6.45) is 4.34. The average Bonchev–Trinajstić information content (AvgIpc) is 2.19. The van der Waals surface area contributed by atoms with Crippen molar-refractivity contribution in [2.75, 3.05) is 6.54 Å². The van der Waals surface area contributed by atoms with Crippen molar-refractivity contribution in [2.24, 2.45) is 10.9 Å². The second-order valence-electron chi connectivity index (χ2n) is 3.54. The zero-order valence-electron chi connectivity index (χ0n) is 7.93. The van der Waals surface area contributed by atoms with Crippen LogP contribution < -0.4 is 0 Å². The first-order chi connectivity index (χ1) is 6.84. The van der Waals surface area contributed by atoms with E-state index in [-0.39, 0.29) is 5.76 Å². The molecule has 0 aromatic heterocycles. The summed E-state index contributed by atoms with van der Waals surface area (Å²) in [5.74, 6) is 0.625. The first kappa shape index (κ1) is 9.00. The molecule has 72 valence electrons. The minimum Gasteiger partial charge on any atom is -0.507 e. The van der Waals surface area contributed by atoms with E-state index in [4.69, 9.17) is 0 Å². The second kappa shape index (κ2) is 4.09. The van der Waals surface area contributed by atoms with E-state index < -0.39 is 0 Å². The quantitative estimate of drug-likeness (QED) is 0.757. The Balaban J connectivity index is 2.03. The Morgan fingerprint density at radius 1 is 1.29 bits per heavy atom. The van der Waals surface area contributed by atoms with E-state index in [0.29, 0.717) is 5.92 Å². The summed E-state index contributed by atoms with van der Waals surface area (Å²) in [7, 11) is 0. The van der Waals surface area contributed by atoms with Gasteiger partial charge in [0.25, 0.3) is 0 Å². The molecule has 0 saturated carbocycles. The minimum atomic E-state index is 0.289. The highest BCUT2D eigenvalue weighted by Gasteiger charge is 2.10. The molecule has 14 heavy (non-hydrogen) atoms. The topological polar surface area (TPSA) is 32.6 Å². The maximum atomic E-state index is 9.27. The van der Waals surface area contributed by atoms with Gasteiger partial charge >= 0.3 is 0 Å². The third-order valence-corrected chi connectivity index (χ3v) is 2.31. The number of dihydropyridines is 1. The molecule has 0 aliphatic carbocycles. The van der Waals surface area contributed by atoms with Crippen LogP contribution in [0.15, 0.2) is 47.2 Å². The van der Waals surface area contributed by atoms with Crippen molar-refractivity contribution in [1.82, 2.24) is 0 Å². The normalized spacial score (nSPS) is 20.6. The lowest BCUT2D eigenvalue weighted by Gasteiger charge is -2.13. The molecule has 0 radical (unpaired) electrons. The van der Waals surface area contributed by atoms with Crippen molar-refractivity contribution >= 4 is 6.21 Å². The van der Waals surface area contributed by atoms with E-state index in [0.717, 1.165) is 13.0 Å². The van der Waals surface area contributed by atoms with Crippen LogP contribution in [-0.2, 0) is 6.42 Å². The third kappa shape index (κ3) is 2.22. The maximum Gasteiger partial charge on any atom is 0.129 e. The van der Waals surface area contributed by atoms with Crippen LogP contribution in [0.3, 0.4) is 0 Å². The fourth-order valence-electron chi connectivity index (χ4n) is 1.66. The van der Waals surface area contributed by atoms with Gasteiger partial charge in [-0.1, -0.05) is 30.3 Å².